The summed E-state index contributed by atoms with van der Waals surface area (Å²) >= 11 is 0. The summed E-state index contributed by atoms with van der Waals surface area (Å²) in [7, 11) is -2.65. The minimum absolute atomic E-state index is 0.0595. The molecule has 1 atom stereocenters. The van der Waals surface area contributed by atoms with Gasteiger partial charge in [0.25, 0.3) is 10.0 Å². The minimum atomic E-state index is -4.14. The Labute approximate surface area is 238 Å². The molecule has 9 heteroatoms. The van der Waals surface area contributed by atoms with Crippen molar-refractivity contribution in [3.05, 3.63) is 89.5 Å². The number of hydrogen-bond acceptors (Lipinski definition) is 5. The van der Waals surface area contributed by atoms with E-state index in [0.29, 0.717) is 12.3 Å². The number of carbonyl (C=O) groups is 2. The molecule has 0 saturated heterocycles. The Bertz CT molecular complexity index is 1410. The molecule has 0 heterocycles. The van der Waals surface area contributed by atoms with Gasteiger partial charge in [-0.2, -0.15) is 0 Å². The lowest BCUT2D eigenvalue weighted by Crippen LogP contribution is -2.51. The molecular formula is C31H39N3O5S. The molecule has 8 nitrogen and oxygen atoms in total. The fraction of sp³-hybridized carbons (Fsp3) is 0.355. The van der Waals surface area contributed by atoms with E-state index in [9.17, 15) is 18.0 Å². The Morgan fingerprint density at radius 3 is 2.30 bits per heavy atom. The number of aryl methyl sites for hydroxylation is 2. The number of ether oxygens (including phenoxy) is 1. The van der Waals surface area contributed by atoms with E-state index >= 15 is 0 Å². The summed E-state index contributed by atoms with van der Waals surface area (Å²) in [6.07, 6.45) is 1.75. The Morgan fingerprint density at radius 1 is 0.950 bits per heavy atom. The fourth-order valence-electron chi connectivity index (χ4n) is 4.26. The van der Waals surface area contributed by atoms with Crippen LogP contribution in [0.1, 0.15) is 43.4 Å². The van der Waals surface area contributed by atoms with Gasteiger partial charge in [0, 0.05) is 19.2 Å². The number of benzene rings is 3. The van der Waals surface area contributed by atoms with Crippen molar-refractivity contribution in [2.45, 2.75) is 58.0 Å². The van der Waals surface area contributed by atoms with Crippen LogP contribution in [0.5, 0.6) is 5.75 Å². The zero-order valence-corrected chi connectivity index (χ0v) is 24.7. The normalized spacial score (nSPS) is 11.9. The van der Waals surface area contributed by atoms with Crippen molar-refractivity contribution in [3.63, 3.8) is 0 Å². The summed E-state index contributed by atoms with van der Waals surface area (Å²) < 4.78 is 34.2. The van der Waals surface area contributed by atoms with Crippen LogP contribution in [0.4, 0.5) is 5.69 Å². The molecule has 1 unspecified atom stereocenters. The van der Waals surface area contributed by atoms with Gasteiger partial charge in [-0.1, -0.05) is 66.9 Å². The van der Waals surface area contributed by atoms with Gasteiger partial charge < -0.3 is 15.0 Å². The summed E-state index contributed by atoms with van der Waals surface area (Å²) in [5.74, 6) is -0.337. The van der Waals surface area contributed by atoms with Crippen molar-refractivity contribution in [1.82, 2.24) is 10.2 Å². The second kappa shape index (κ2) is 14.0. The summed E-state index contributed by atoms with van der Waals surface area (Å²) in [4.78, 5) is 28.5. The number of carbonyl (C=O) groups excluding carboxylic acids is 2. The van der Waals surface area contributed by atoms with Crippen LogP contribution in [-0.2, 0) is 26.2 Å². The van der Waals surface area contributed by atoms with Crippen molar-refractivity contribution in [1.29, 1.82) is 0 Å². The number of nitrogens with zero attached hydrogens (tertiary/aromatic N) is 2. The SMILES string of the molecule is CCCCNC(=O)C(C)N(Cc1cccc(C)c1)C(=O)CN(c1cccc(OC)c1)S(=O)(=O)c1ccc(C)cc1. The van der Waals surface area contributed by atoms with Gasteiger partial charge in [0.2, 0.25) is 11.8 Å². The van der Waals surface area contributed by atoms with Crippen LogP contribution < -0.4 is 14.4 Å². The average molecular weight is 566 g/mol. The van der Waals surface area contributed by atoms with Crippen LogP contribution in [0.15, 0.2) is 77.7 Å². The second-order valence-corrected chi connectivity index (χ2v) is 11.7. The van der Waals surface area contributed by atoms with Crippen LogP contribution in [0.3, 0.4) is 0 Å². The van der Waals surface area contributed by atoms with Crippen molar-refractivity contribution in [3.8, 4) is 5.75 Å². The first kappa shape index (κ1) is 30.7. The van der Waals surface area contributed by atoms with Gasteiger partial charge >= 0.3 is 0 Å². The zero-order valence-electron chi connectivity index (χ0n) is 23.9. The number of nitrogens with one attached hydrogen (secondary N) is 1. The lowest BCUT2D eigenvalue weighted by Gasteiger charge is -2.32. The molecule has 0 aromatic heterocycles. The first-order valence-electron chi connectivity index (χ1n) is 13.4. The lowest BCUT2D eigenvalue weighted by molar-refractivity contribution is -0.139. The number of sulfonamides is 1. The van der Waals surface area contributed by atoms with Crippen molar-refractivity contribution in [2.75, 3.05) is 24.5 Å². The Hall–Kier alpha value is -3.85. The molecule has 0 aliphatic rings. The lowest BCUT2D eigenvalue weighted by atomic mass is 10.1. The molecule has 0 spiro atoms. The summed E-state index contributed by atoms with van der Waals surface area (Å²) in [5, 5.41) is 2.90. The van der Waals surface area contributed by atoms with Gasteiger partial charge in [-0.25, -0.2) is 8.42 Å². The maximum atomic E-state index is 14.0. The van der Waals surface area contributed by atoms with E-state index in [1.807, 2.05) is 45.0 Å². The predicted molar refractivity (Wildman–Crippen MR) is 158 cm³/mol. The third kappa shape index (κ3) is 7.85. The third-order valence-electron chi connectivity index (χ3n) is 6.66. The van der Waals surface area contributed by atoms with Crippen molar-refractivity contribution < 1.29 is 22.7 Å². The number of hydrogen-bond donors (Lipinski definition) is 1. The smallest absolute Gasteiger partial charge is 0.264 e. The number of anilines is 1. The van der Waals surface area contributed by atoms with Crippen LogP contribution in [-0.4, -0.2) is 51.4 Å². The highest BCUT2D eigenvalue weighted by atomic mass is 32.2. The van der Waals surface area contributed by atoms with E-state index in [-0.39, 0.29) is 23.0 Å². The minimum Gasteiger partial charge on any atom is -0.497 e. The van der Waals surface area contributed by atoms with Gasteiger partial charge in [0.15, 0.2) is 0 Å². The number of amides is 2. The highest BCUT2D eigenvalue weighted by Gasteiger charge is 2.32. The maximum absolute atomic E-state index is 14.0. The molecule has 0 fully saturated rings. The Morgan fingerprint density at radius 2 is 1.65 bits per heavy atom. The van der Waals surface area contributed by atoms with E-state index in [1.54, 1.807) is 43.3 Å². The van der Waals surface area contributed by atoms with Crippen LogP contribution in [0.25, 0.3) is 0 Å². The largest absolute Gasteiger partial charge is 0.497 e. The molecule has 40 heavy (non-hydrogen) atoms. The molecule has 214 valence electrons. The van der Waals surface area contributed by atoms with Gasteiger partial charge in [-0.3, -0.25) is 13.9 Å². The predicted octanol–water partition coefficient (Wildman–Crippen LogP) is 4.84. The number of methoxy groups -OCH3 is 1. The van der Waals surface area contributed by atoms with E-state index in [2.05, 4.69) is 5.32 Å². The maximum Gasteiger partial charge on any atom is 0.264 e. The molecule has 0 aliphatic carbocycles. The Balaban J connectivity index is 2.02. The Kier molecular flexibility index (Phi) is 10.7. The zero-order chi connectivity index (χ0) is 29.3. The van der Waals surface area contributed by atoms with Gasteiger partial charge in [0.05, 0.1) is 17.7 Å². The van der Waals surface area contributed by atoms with Crippen LogP contribution in [0.2, 0.25) is 0 Å². The van der Waals surface area contributed by atoms with Crippen molar-refractivity contribution >= 4 is 27.5 Å². The van der Waals surface area contributed by atoms with E-state index < -0.39 is 28.5 Å². The van der Waals surface area contributed by atoms with Gasteiger partial charge in [-0.05, 0) is 57.0 Å². The van der Waals surface area contributed by atoms with Gasteiger partial charge in [0.1, 0.15) is 18.3 Å². The topological polar surface area (TPSA) is 96.0 Å². The second-order valence-electron chi connectivity index (χ2n) is 9.86. The molecule has 1 N–H and O–H groups in total. The molecule has 3 aromatic carbocycles. The fourth-order valence-corrected chi connectivity index (χ4v) is 5.66. The molecule has 2 amide bonds. The average Bonchev–Trinajstić information content (AvgIpc) is 2.94. The standard InChI is InChI=1S/C31H39N3O5S/c1-6-7-18-32-31(36)25(4)33(21-26-11-8-10-24(3)19-26)30(35)22-34(27-12-9-13-28(20-27)39-5)40(37,38)29-16-14-23(2)15-17-29/h8-17,19-20,25H,6-7,18,21-22H2,1-5H3,(H,32,36). The monoisotopic (exact) mass is 565 g/mol. The number of unbranched alkanes of at least 4 members (excludes halogenated alkanes) is 1. The molecule has 0 radical (unpaired) electrons. The first-order valence-corrected chi connectivity index (χ1v) is 14.9. The molecule has 0 saturated carbocycles. The molecule has 3 rings (SSSR count). The summed E-state index contributed by atoms with van der Waals surface area (Å²) in [5.41, 5.74) is 3.06. The van der Waals surface area contributed by atoms with Gasteiger partial charge in [-0.15, -0.1) is 0 Å². The highest BCUT2D eigenvalue weighted by Crippen LogP contribution is 2.28. The van der Waals surface area contributed by atoms with E-state index in [0.717, 1.165) is 33.8 Å². The third-order valence-corrected chi connectivity index (χ3v) is 8.45. The summed E-state index contributed by atoms with van der Waals surface area (Å²) in [6, 6.07) is 19.9. The molecular weight excluding hydrogens is 526 g/mol. The van der Waals surface area contributed by atoms with Crippen LogP contribution in [0, 0.1) is 13.8 Å². The summed E-state index contributed by atoms with van der Waals surface area (Å²) in [6.45, 7) is 7.68. The van der Waals surface area contributed by atoms with Crippen molar-refractivity contribution in [2.24, 2.45) is 0 Å². The quantitative estimate of drug-likeness (QED) is 0.299. The first-order chi connectivity index (χ1) is 19.1. The molecule has 0 bridgehead atoms. The number of rotatable bonds is 13. The van der Waals surface area contributed by atoms with Crippen LogP contribution >= 0.6 is 0 Å². The highest BCUT2D eigenvalue weighted by molar-refractivity contribution is 7.92. The molecule has 3 aromatic rings. The van der Waals surface area contributed by atoms with E-state index in [1.165, 1.54) is 24.1 Å². The van der Waals surface area contributed by atoms with E-state index in [4.69, 9.17) is 4.74 Å². The molecule has 0 aliphatic heterocycles.